The van der Waals surface area contributed by atoms with Crippen molar-refractivity contribution >= 4 is 10.9 Å². The van der Waals surface area contributed by atoms with Crippen molar-refractivity contribution in [1.82, 2.24) is 20.4 Å². The van der Waals surface area contributed by atoms with E-state index in [0.717, 1.165) is 11.1 Å². The standard InChI is InChI=1S/C9H10N4O/c1-5(2)7-6-3-4-10-11-8(6)9(14)13-12-7/h3-5H,1-2H3,(H,13,14). The summed E-state index contributed by atoms with van der Waals surface area (Å²) in [4.78, 5) is 11.3. The summed E-state index contributed by atoms with van der Waals surface area (Å²) in [5.74, 6) is 0.249. The van der Waals surface area contributed by atoms with Crippen molar-refractivity contribution in [2.45, 2.75) is 19.8 Å². The molecule has 0 aliphatic rings. The quantitative estimate of drug-likeness (QED) is 0.723. The van der Waals surface area contributed by atoms with E-state index in [-0.39, 0.29) is 11.5 Å². The van der Waals surface area contributed by atoms with Gasteiger partial charge in [-0.3, -0.25) is 4.79 Å². The molecule has 2 rings (SSSR count). The smallest absolute Gasteiger partial charge is 0.265 e. The van der Waals surface area contributed by atoms with E-state index in [4.69, 9.17) is 0 Å². The van der Waals surface area contributed by atoms with Crippen LogP contribution >= 0.6 is 0 Å². The van der Waals surface area contributed by atoms with E-state index in [1.165, 1.54) is 0 Å². The van der Waals surface area contributed by atoms with E-state index in [0.29, 0.717) is 5.52 Å². The molecule has 0 aliphatic heterocycles. The minimum atomic E-state index is -0.294. The first-order chi connectivity index (χ1) is 6.70. The molecule has 14 heavy (non-hydrogen) atoms. The molecule has 0 amide bonds. The average Bonchev–Trinajstić information content (AvgIpc) is 2.18. The molecular weight excluding hydrogens is 180 g/mol. The molecular formula is C9H10N4O. The lowest BCUT2D eigenvalue weighted by Gasteiger charge is -2.05. The average molecular weight is 190 g/mol. The Kier molecular flexibility index (Phi) is 1.99. The summed E-state index contributed by atoms with van der Waals surface area (Å²) in [6, 6.07) is 1.76. The van der Waals surface area contributed by atoms with Gasteiger partial charge >= 0.3 is 0 Å². The summed E-state index contributed by atoms with van der Waals surface area (Å²) < 4.78 is 0. The van der Waals surface area contributed by atoms with Crippen LogP contribution in [0.2, 0.25) is 0 Å². The number of fused-ring (bicyclic) bond motifs is 1. The van der Waals surface area contributed by atoms with E-state index in [1.807, 2.05) is 13.8 Å². The molecule has 0 atom stereocenters. The predicted octanol–water partition coefficient (Wildman–Crippen LogP) is 0.837. The third-order valence-electron chi connectivity index (χ3n) is 2.04. The zero-order valence-corrected chi connectivity index (χ0v) is 7.98. The maximum atomic E-state index is 11.3. The minimum absolute atomic E-state index is 0.249. The third-order valence-corrected chi connectivity index (χ3v) is 2.04. The van der Waals surface area contributed by atoms with Gasteiger partial charge in [0.05, 0.1) is 11.9 Å². The molecule has 1 N–H and O–H groups in total. The summed E-state index contributed by atoms with van der Waals surface area (Å²) in [6.07, 6.45) is 1.56. The first-order valence-electron chi connectivity index (χ1n) is 4.40. The number of rotatable bonds is 1. The molecule has 2 heterocycles. The van der Waals surface area contributed by atoms with Crippen LogP contribution in [0.25, 0.3) is 10.9 Å². The van der Waals surface area contributed by atoms with Gasteiger partial charge in [-0.15, -0.1) is 5.10 Å². The number of nitrogens with zero attached hydrogens (tertiary/aromatic N) is 3. The predicted molar refractivity (Wildman–Crippen MR) is 52.0 cm³/mol. The Bertz CT molecular complexity index is 517. The Balaban J connectivity index is 2.89. The molecule has 0 aliphatic carbocycles. The fourth-order valence-electron chi connectivity index (χ4n) is 1.37. The second kappa shape index (κ2) is 3.17. The van der Waals surface area contributed by atoms with Crippen LogP contribution in [0, 0.1) is 0 Å². The number of hydrogen-bond donors (Lipinski definition) is 1. The zero-order chi connectivity index (χ0) is 10.1. The number of aromatic nitrogens is 4. The van der Waals surface area contributed by atoms with Gasteiger partial charge in [-0.05, 0) is 12.0 Å². The lowest BCUT2D eigenvalue weighted by atomic mass is 10.1. The van der Waals surface area contributed by atoms with E-state index in [9.17, 15) is 4.79 Å². The first kappa shape index (κ1) is 8.80. The molecule has 0 unspecified atom stereocenters. The maximum absolute atomic E-state index is 11.3. The Morgan fingerprint density at radius 1 is 1.43 bits per heavy atom. The summed E-state index contributed by atoms with van der Waals surface area (Å²) >= 11 is 0. The number of nitrogens with one attached hydrogen (secondary N) is 1. The van der Waals surface area contributed by atoms with Crippen molar-refractivity contribution in [2.75, 3.05) is 0 Å². The van der Waals surface area contributed by atoms with Crippen LogP contribution in [0.4, 0.5) is 0 Å². The number of aromatic amines is 1. The second-order valence-electron chi connectivity index (χ2n) is 3.39. The zero-order valence-electron chi connectivity index (χ0n) is 7.98. The van der Waals surface area contributed by atoms with E-state index >= 15 is 0 Å². The highest BCUT2D eigenvalue weighted by Crippen LogP contribution is 2.17. The van der Waals surface area contributed by atoms with Crippen LogP contribution < -0.4 is 5.56 Å². The maximum Gasteiger partial charge on any atom is 0.292 e. The Hall–Kier alpha value is -1.78. The van der Waals surface area contributed by atoms with Crippen LogP contribution in [0.5, 0.6) is 0 Å². The van der Waals surface area contributed by atoms with Crippen LogP contribution in [0.15, 0.2) is 17.1 Å². The van der Waals surface area contributed by atoms with Crippen molar-refractivity contribution in [3.05, 3.63) is 28.3 Å². The fraction of sp³-hybridized carbons (Fsp3) is 0.333. The minimum Gasteiger partial charge on any atom is -0.265 e. The second-order valence-corrected chi connectivity index (χ2v) is 3.39. The lowest BCUT2D eigenvalue weighted by molar-refractivity contribution is 0.789. The Morgan fingerprint density at radius 2 is 2.21 bits per heavy atom. The van der Waals surface area contributed by atoms with E-state index < -0.39 is 0 Å². The molecule has 0 aromatic carbocycles. The molecule has 0 spiro atoms. The van der Waals surface area contributed by atoms with Crippen LogP contribution in [0.1, 0.15) is 25.5 Å². The summed E-state index contributed by atoms with van der Waals surface area (Å²) in [5, 5.41) is 14.7. The van der Waals surface area contributed by atoms with Crippen molar-refractivity contribution in [3.63, 3.8) is 0 Å². The van der Waals surface area contributed by atoms with Gasteiger partial charge in [0.15, 0.2) is 5.52 Å². The van der Waals surface area contributed by atoms with Gasteiger partial charge in [0, 0.05) is 5.39 Å². The Labute approximate surface area is 80.2 Å². The molecule has 2 aromatic heterocycles. The summed E-state index contributed by atoms with van der Waals surface area (Å²) in [6.45, 7) is 4.03. The monoisotopic (exact) mass is 190 g/mol. The van der Waals surface area contributed by atoms with Crippen molar-refractivity contribution < 1.29 is 0 Å². The number of H-pyrrole nitrogens is 1. The van der Waals surface area contributed by atoms with Gasteiger partial charge in [0.2, 0.25) is 0 Å². The van der Waals surface area contributed by atoms with Crippen LogP contribution in [-0.4, -0.2) is 20.4 Å². The molecule has 5 nitrogen and oxygen atoms in total. The topological polar surface area (TPSA) is 71.5 Å². The van der Waals surface area contributed by atoms with Crippen LogP contribution in [0.3, 0.4) is 0 Å². The summed E-state index contributed by atoms with van der Waals surface area (Å²) in [7, 11) is 0. The lowest BCUT2D eigenvalue weighted by Crippen LogP contribution is -2.13. The molecule has 0 fully saturated rings. The van der Waals surface area contributed by atoms with Gasteiger partial charge in [-0.25, -0.2) is 5.10 Å². The molecule has 72 valence electrons. The van der Waals surface area contributed by atoms with Gasteiger partial charge in [0.1, 0.15) is 0 Å². The van der Waals surface area contributed by atoms with Crippen molar-refractivity contribution in [2.24, 2.45) is 0 Å². The Morgan fingerprint density at radius 3 is 2.93 bits per heavy atom. The van der Waals surface area contributed by atoms with Crippen molar-refractivity contribution in [3.8, 4) is 0 Å². The molecule has 0 radical (unpaired) electrons. The van der Waals surface area contributed by atoms with E-state index in [2.05, 4.69) is 20.4 Å². The highest BCUT2D eigenvalue weighted by molar-refractivity contribution is 5.79. The highest BCUT2D eigenvalue weighted by atomic mass is 16.1. The molecule has 0 bridgehead atoms. The molecule has 0 saturated heterocycles. The van der Waals surface area contributed by atoms with E-state index in [1.54, 1.807) is 12.3 Å². The van der Waals surface area contributed by atoms with Gasteiger partial charge in [-0.1, -0.05) is 13.8 Å². The largest absolute Gasteiger partial charge is 0.292 e. The van der Waals surface area contributed by atoms with Gasteiger partial charge < -0.3 is 0 Å². The first-order valence-corrected chi connectivity index (χ1v) is 4.40. The van der Waals surface area contributed by atoms with Crippen molar-refractivity contribution in [1.29, 1.82) is 0 Å². The molecule has 5 heteroatoms. The van der Waals surface area contributed by atoms with Crippen LogP contribution in [-0.2, 0) is 0 Å². The highest BCUT2D eigenvalue weighted by Gasteiger charge is 2.09. The number of hydrogen-bond acceptors (Lipinski definition) is 4. The fourth-order valence-corrected chi connectivity index (χ4v) is 1.37. The molecule has 2 aromatic rings. The normalized spacial score (nSPS) is 11.1. The third kappa shape index (κ3) is 1.26. The SMILES string of the molecule is CC(C)c1n[nH]c(=O)c2nnccc12. The van der Waals surface area contributed by atoms with Gasteiger partial charge in [0.25, 0.3) is 5.56 Å². The summed E-state index contributed by atoms with van der Waals surface area (Å²) in [5.41, 5.74) is 0.901. The van der Waals surface area contributed by atoms with Gasteiger partial charge in [-0.2, -0.15) is 10.2 Å². The molecule has 0 saturated carbocycles.